The lowest BCUT2D eigenvalue weighted by Crippen LogP contribution is -2.46. The van der Waals surface area contributed by atoms with Gasteiger partial charge in [-0.25, -0.2) is 4.39 Å². The first-order valence-corrected chi connectivity index (χ1v) is 6.35. The number of carboxylic acid groups (broad SMARTS) is 1. The molecule has 2 N–H and O–H groups in total. The van der Waals surface area contributed by atoms with Crippen LogP contribution >= 0.6 is 0 Å². The van der Waals surface area contributed by atoms with E-state index >= 15 is 0 Å². The van der Waals surface area contributed by atoms with Gasteiger partial charge in [-0.05, 0) is 37.1 Å². The number of halogens is 1. The van der Waals surface area contributed by atoms with Crippen molar-refractivity contribution in [1.29, 1.82) is 0 Å². The monoisotopic (exact) mass is 267 g/mol. The maximum atomic E-state index is 13.4. The van der Waals surface area contributed by atoms with Crippen LogP contribution in [0.5, 0.6) is 0 Å². The van der Waals surface area contributed by atoms with Gasteiger partial charge >= 0.3 is 5.97 Å². The van der Waals surface area contributed by atoms with Crippen molar-refractivity contribution in [2.24, 2.45) is 5.92 Å². The van der Waals surface area contributed by atoms with Gasteiger partial charge < -0.3 is 10.2 Å². The third-order valence-electron chi connectivity index (χ3n) is 3.63. The highest BCUT2D eigenvalue weighted by atomic mass is 19.1. The van der Waals surface area contributed by atoms with Crippen LogP contribution in [-0.4, -0.2) is 40.3 Å². The molecule has 1 aromatic rings. The van der Waals surface area contributed by atoms with Crippen molar-refractivity contribution in [3.63, 3.8) is 0 Å². The third kappa shape index (κ3) is 3.30. The van der Waals surface area contributed by atoms with Crippen LogP contribution in [0.25, 0.3) is 0 Å². The second-order valence-electron chi connectivity index (χ2n) is 5.12. The number of carbonyl (C=O) groups is 1. The Hall–Kier alpha value is -1.46. The lowest BCUT2D eigenvalue weighted by molar-refractivity contribution is -0.148. The fourth-order valence-corrected chi connectivity index (χ4v) is 2.42. The Morgan fingerprint density at radius 3 is 2.84 bits per heavy atom. The molecule has 0 spiro atoms. The summed E-state index contributed by atoms with van der Waals surface area (Å²) in [7, 11) is 0. The Bertz CT molecular complexity index is 478. The molecule has 4 nitrogen and oxygen atoms in total. The molecule has 1 saturated heterocycles. The molecule has 0 radical (unpaired) electrons. The normalized spacial score (nSPS) is 24.4. The second kappa shape index (κ2) is 5.67. The molecular formula is C14H18FNO3. The highest BCUT2D eigenvalue weighted by Crippen LogP contribution is 2.20. The summed E-state index contributed by atoms with van der Waals surface area (Å²) in [4.78, 5) is 12.8. The highest BCUT2D eigenvalue weighted by molar-refractivity contribution is 5.70. The van der Waals surface area contributed by atoms with Crippen LogP contribution in [-0.2, 0) is 11.3 Å². The number of benzene rings is 1. The van der Waals surface area contributed by atoms with Gasteiger partial charge in [0, 0.05) is 13.1 Å². The molecule has 1 fully saturated rings. The molecule has 2 rings (SSSR count). The standard InChI is InChI=1S/C14H18FNO3/c1-9-2-3-10(6-12(9)15)7-16-5-4-11(14(18)19)13(17)8-16/h2-3,6,11,13,17H,4-5,7-8H2,1H3,(H,18,19)/t11-,13+/m0/s1. The van der Waals surface area contributed by atoms with E-state index < -0.39 is 18.0 Å². The summed E-state index contributed by atoms with van der Waals surface area (Å²) < 4.78 is 13.4. The maximum absolute atomic E-state index is 13.4. The predicted octanol–water partition coefficient (Wildman–Crippen LogP) is 1.40. The molecule has 0 bridgehead atoms. The minimum atomic E-state index is -0.950. The Morgan fingerprint density at radius 1 is 1.53 bits per heavy atom. The summed E-state index contributed by atoms with van der Waals surface area (Å²) in [6.45, 7) is 3.15. The number of aliphatic hydroxyl groups excluding tert-OH is 1. The zero-order chi connectivity index (χ0) is 14.0. The molecule has 0 aromatic heterocycles. The van der Waals surface area contributed by atoms with Gasteiger partial charge in [0.05, 0.1) is 12.0 Å². The van der Waals surface area contributed by atoms with E-state index in [1.165, 1.54) is 6.07 Å². The molecule has 19 heavy (non-hydrogen) atoms. The van der Waals surface area contributed by atoms with Crippen LogP contribution in [0.4, 0.5) is 4.39 Å². The number of β-amino-alcohol motifs (C(OH)–C–C–N with tert-alkyl or cyclic N) is 1. The molecule has 0 amide bonds. The molecule has 1 aliphatic rings. The number of aliphatic carboxylic acids is 1. The van der Waals surface area contributed by atoms with Crippen molar-refractivity contribution in [2.45, 2.75) is 26.0 Å². The molecule has 5 heteroatoms. The van der Waals surface area contributed by atoms with Crippen molar-refractivity contribution < 1.29 is 19.4 Å². The van der Waals surface area contributed by atoms with Gasteiger partial charge in [0.1, 0.15) is 5.82 Å². The molecule has 1 aromatic carbocycles. The first-order chi connectivity index (χ1) is 8.97. The third-order valence-corrected chi connectivity index (χ3v) is 3.63. The Balaban J connectivity index is 1.98. The summed E-state index contributed by atoms with van der Waals surface area (Å²) >= 11 is 0. The largest absolute Gasteiger partial charge is 0.481 e. The molecule has 1 aliphatic heterocycles. The van der Waals surface area contributed by atoms with Gasteiger partial charge in [-0.2, -0.15) is 0 Å². The van der Waals surface area contributed by atoms with E-state index in [0.717, 1.165) is 5.56 Å². The lowest BCUT2D eigenvalue weighted by Gasteiger charge is -2.33. The van der Waals surface area contributed by atoms with Crippen LogP contribution in [0.2, 0.25) is 0 Å². The Kier molecular flexibility index (Phi) is 4.17. The number of aryl methyl sites for hydroxylation is 1. The molecule has 0 saturated carbocycles. The molecule has 0 aliphatic carbocycles. The summed E-state index contributed by atoms with van der Waals surface area (Å²) in [5, 5.41) is 18.7. The number of rotatable bonds is 3. The number of hydrogen-bond donors (Lipinski definition) is 2. The quantitative estimate of drug-likeness (QED) is 0.869. The number of nitrogens with zero attached hydrogens (tertiary/aromatic N) is 1. The van der Waals surface area contributed by atoms with Gasteiger partial charge in [0.2, 0.25) is 0 Å². The van der Waals surface area contributed by atoms with E-state index in [1.807, 2.05) is 11.0 Å². The number of piperidine rings is 1. The molecule has 1 heterocycles. The number of hydrogen-bond acceptors (Lipinski definition) is 3. The van der Waals surface area contributed by atoms with Crippen molar-refractivity contribution in [3.05, 3.63) is 35.1 Å². The van der Waals surface area contributed by atoms with Gasteiger partial charge in [0.25, 0.3) is 0 Å². The van der Waals surface area contributed by atoms with Gasteiger partial charge in [0.15, 0.2) is 0 Å². The molecule has 0 unspecified atom stereocenters. The predicted molar refractivity (Wildman–Crippen MR) is 68.2 cm³/mol. The number of aliphatic hydroxyl groups is 1. The SMILES string of the molecule is Cc1ccc(CN2CC[C@H](C(=O)O)[C@H](O)C2)cc1F. The smallest absolute Gasteiger partial charge is 0.309 e. The average molecular weight is 267 g/mol. The summed E-state index contributed by atoms with van der Waals surface area (Å²) in [5.41, 5.74) is 1.44. The second-order valence-corrected chi connectivity index (χ2v) is 5.12. The summed E-state index contributed by atoms with van der Waals surface area (Å²) in [5.74, 6) is -1.88. The first kappa shape index (κ1) is 14.0. The number of likely N-dealkylation sites (tertiary alicyclic amines) is 1. The van der Waals surface area contributed by atoms with Gasteiger partial charge in [-0.1, -0.05) is 12.1 Å². The van der Waals surface area contributed by atoms with Crippen LogP contribution < -0.4 is 0 Å². The van der Waals surface area contributed by atoms with Gasteiger partial charge in [-0.3, -0.25) is 9.69 Å². The van der Waals surface area contributed by atoms with Crippen LogP contribution in [0.3, 0.4) is 0 Å². The van der Waals surface area contributed by atoms with Crippen LogP contribution in [0.15, 0.2) is 18.2 Å². The van der Waals surface area contributed by atoms with Gasteiger partial charge in [-0.15, -0.1) is 0 Å². The van der Waals surface area contributed by atoms with E-state index in [-0.39, 0.29) is 5.82 Å². The van der Waals surface area contributed by atoms with Crippen LogP contribution in [0.1, 0.15) is 17.5 Å². The van der Waals surface area contributed by atoms with E-state index in [1.54, 1.807) is 13.0 Å². The Labute approximate surface area is 111 Å². The van der Waals surface area contributed by atoms with E-state index in [0.29, 0.717) is 31.6 Å². The van der Waals surface area contributed by atoms with Crippen molar-refractivity contribution in [3.8, 4) is 0 Å². The minimum absolute atomic E-state index is 0.238. The fourth-order valence-electron chi connectivity index (χ4n) is 2.42. The Morgan fingerprint density at radius 2 is 2.26 bits per heavy atom. The highest BCUT2D eigenvalue weighted by Gasteiger charge is 2.32. The first-order valence-electron chi connectivity index (χ1n) is 6.35. The summed E-state index contributed by atoms with van der Waals surface area (Å²) in [6.07, 6.45) is -0.438. The molecular weight excluding hydrogens is 249 g/mol. The van der Waals surface area contributed by atoms with E-state index in [2.05, 4.69) is 0 Å². The number of carboxylic acids is 1. The van der Waals surface area contributed by atoms with E-state index in [4.69, 9.17) is 5.11 Å². The molecule has 2 atom stereocenters. The topological polar surface area (TPSA) is 60.8 Å². The van der Waals surface area contributed by atoms with Crippen molar-refractivity contribution in [2.75, 3.05) is 13.1 Å². The zero-order valence-electron chi connectivity index (χ0n) is 10.8. The van der Waals surface area contributed by atoms with Crippen LogP contribution in [0, 0.1) is 18.7 Å². The lowest BCUT2D eigenvalue weighted by atomic mass is 9.94. The van der Waals surface area contributed by atoms with Crippen molar-refractivity contribution in [1.82, 2.24) is 4.90 Å². The van der Waals surface area contributed by atoms with Crippen molar-refractivity contribution >= 4 is 5.97 Å². The molecule has 104 valence electrons. The van der Waals surface area contributed by atoms with E-state index in [9.17, 15) is 14.3 Å². The summed E-state index contributed by atoms with van der Waals surface area (Å²) in [6, 6.07) is 5.07. The zero-order valence-corrected chi connectivity index (χ0v) is 10.8. The minimum Gasteiger partial charge on any atom is -0.481 e. The average Bonchev–Trinajstić information content (AvgIpc) is 2.33. The maximum Gasteiger partial charge on any atom is 0.309 e. The fraction of sp³-hybridized carbons (Fsp3) is 0.500.